The van der Waals surface area contributed by atoms with E-state index >= 15 is 0 Å². The minimum absolute atomic E-state index is 0.104. The molecule has 0 atom stereocenters. The first-order chi connectivity index (χ1) is 9.46. The summed E-state index contributed by atoms with van der Waals surface area (Å²) in [4.78, 5) is 0. The predicted octanol–water partition coefficient (Wildman–Crippen LogP) is 0.819. The molecule has 0 fully saturated rings. The predicted molar refractivity (Wildman–Crippen MR) is 78.7 cm³/mol. The molecule has 0 amide bonds. The third-order valence-electron chi connectivity index (χ3n) is 2.43. The van der Waals surface area contributed by atoms with E-state index in [4.69, 9.17) is 15.2 Å². The van der Waals surface area contributed by atoms with Crippen molar-refractivity contribution < 1.29 is 17.9 Å². The second-order valence-corrected chi connectivity index (χ2v) is 6.46. The van der Waals surface area contributed by atoms with Gasteiger partial charge < -0.3 is 15.2 Å². The number of rotatable bonds is 6. The van der Waals surface area contributed by atoms with Crippen molar-refractivity contribution in [3.63, 3.8) is 0 Å². The summed E-state index contributed by atoms with van der Waals surface area (Å²) in [6.07, 6.45) is 1.65. The molecule has 0 radical (unpaired) electrons. The van der Waals surface area contributed by atoms with Gasteiger partial charge in [-0.1, -0.05) is 11.8 Å². The summed E-state index contributed by atoms with van der Waals surface area (Å²) in [6, 6.07) is 5.27. The van der Waals surface area contributed by atoms with Crippen molar-refractivity contribution in [2.75, 3.05) is 32.3 Å². The van der Waals surface area contributed by atoms with Crippen LogP contribution in [0.4, 0.5) is 0 Å². The number of methoxy groups -OCH3 is 1. The highest BCUT2D eigenvalue weighted by molar-refractivity contribution is 7.90. The van der Waals surface area contributed by atoms with Crippen molar-refractivity contribution in [1.29, 1.82) is 0 Å². The molecule has 6 heteroatoms. The van der Waals surface area contributed by atoms with Crippen LogP contribution in [-0.4, -0.2) is 40.7 Å². The Morgan fingerprint density at radius 3 is 2.70 bits per heavy atom. The normalized spacial score (nSPS) is 10.6. The average Bonchev–Trinajstić information content (AvgIpc) is 2.40. The second kappa shape index (κ2) is 7.78. The Morgan fingerprint density at radius 2 is 2.10 bits per heavy atom. The number of nitrogens with two attached hydrogens (primary N) is 1. The van der Waals surface area contributed by atoms with Gasteiger partial charge in [-0.15, -0.1) is 0 Å². The molecule has 110 valence electrons. The highest BCUT2D eigenvalue weighted by Crippen LogP contribution is 2.23. The maximum atomic E-state index is 11.0. The molecule has 0 aliphatic carbocycles. The van der Waals surface area contributed by atoms with E-state index in [-0.39, 0.29) is 12.3 Å². The molecule has 0 saturated heterocycles. The molecule has 2 N–H and O–H groups in total. The fourth-order valence-electron chi connectivity index (χ4n) is 1.51. The summed E-state index contributed by atoms with van der Waals surface area (Å²) in [7, 11) is -1.39. The van der Waals surface area contributed by atoms with Gasteiger partial charge in [-0.25, -0.2) is 8.42 Å². The van der Waals surface area contributed by atoms with Crippen molar-refractivity contribution in [1.82, 2.24) is 0 Å². The molecule has 0 bridgehead atoms. The Morgan fingerprint density at radius 1 is 1.35 bits per heavy atom. The summed E-state index contributed by atoms with van der Waals surface area (Å²) >= 11 is 0. The van der Waals surface area contributed by atoms with Gasteiger partial charge in [0.25, 0.3) is 0 Å². The van der Waals surface area contributed by atoms with Crippen molar-refractivity contribution in [3.8, 4) is 23.3 Å². The topological polar surface area (TPSA) is 78.6 Å². The second-order valence-electron chi connectivity index (χ2n) is 4.20. The van der Waals surface area contributed by atoms with Gasteiger partial charge in [-0.05, 0) is 24.6 Å². The van der Waals surface area contributed by atoms with E-state index in [1.54, 1.807) is 25.3 Å². The number of ether oxygens (including phenoxy) is 2. The molecular formula is C14H19NO4S. The molecule has 1 aromatic rings. The molecule has 0 aliphatic rings. The van der Waals surface area contributed by atoms with Gasteiger partial charge in [0.1, 0.15) is 21.3 Å². The monoisotopic (exact) mass is 297 g/mol. The number of hydrogen-bond donors (Lipinski definition) is 1. The zero-order valence-electron chi connectivity index (χ0n) is 11.7. The summed E-state index contributed by atoms with van der Waals surface area (Å²) in [5, 5.41) is 0. The van der Waals surface area contributed by atoms with Crippen LogP contribution in [0.25, 0.3) is 0 Å². The number of hydrogen-bond acceptors (Lipinski definition) is 5. The molecule has 0 saturated carbocycles. The minimum Gasteiger partial charge on any atom is -0.497 e. The van der Waals surface area contributed by atoms with E-state index in [0.717, 1.165) is 0 Å². The first-order valence-electron chi connectivity index (χ1n) is 6.14. The average molecular weight is 297 g/mol. The maximum Gasteiger partial charge on any atom is 0.147 e. The number of sulfone groups is 1. The Hall–Kier alpha value is -1.71. The Kier molecular flexibility index (Phi) is 6.36. The van der Waals surface area contributed by atoms with Gasteiger partial charge in [0.05, 0.1) is 31.6 Å². The zero-order valence-corrected chi connectivity index (χ0v) is 12.5. The van der Waals surface area contributed by atoms with Gasteiger partial charge in [0.2, 0.25) is 0 Å². The molecule has 5 nitrogen and oxygen atoms in total. The van der Waals surface area contributed by atoms with E-state index in [2.05, 4.69) is 11.8 Å². The summed E-state index contributed by atoms with van der Waals surface area (Å²) in [5.74, 6) is 7.04. The van der Waals surface area contributed by atoms with E-state index in [1.165, 1.54) is 6.26 Å². The van der Waals surface area contributed by atoms with E-state index in [0.29, 0.717) is 30.1 Å². The largest absolute Gasteiger partial charge is 0.497 e. The van der Waals surface area contributed by atoms with Crippen molar-refractivity contribution in [2.45, 2.75) is 6.42 Å². The standard InChI is InChI=1S/C14H19NO4S/c1-18-13-6-7-14(12(11-13)5-3-8-15)19-9-4-10-20(2,16)17/h6-7,11H,4,8-10,15H2,1-2H3. The number of benzene rings is 1. The lowest BCUT2D eigenvalue weighted by atomic mass is 10.2. The van der Waals surface area contributed by atoms with Crippen molar-refractivity contribution in [2.24, 2.45) is 5.73 Å². The van der Waals surface area contributed by atoms with E-state index < -0.39 is 9.84 Å². The van der Waals surface area contributed by atoms with Crippen LogP contribution in [0.1, 0.15) is 12.0 Å². The van der Waals surface area contributed by atoms with Gasteiger partial charge in [0.15, 0.2) is 0 Å². The van der Waals surface area contributed by atoms with Gasteiger partial charge in [0, 0.05) is 6.26 Å². The smallest absolute Gasteiger partial charge is 0.147 e. The summed E-state index contributed by atoms with van der Waals surface area (Å²) in [5.41, 5.74) is 6.03. The molecule has 0 aliphatic heterocycles. The molecule has 1 rings (SSSR count). The Labute approximate surface area is 120 Å². The van der Waals surface area contributed by atoms with Gasteiger partial charge in [-0.2, -0.15) is 0 Å². The molecule has 1 aromatic carbocycles. The fraction of sp³-hybridized carbons (Fsp3) is 0.429. The molecule has 20 heavy (non-hydrogen) atoms. The van der Waals surface area contributed by atoms with Crippen LogP contribution in [0.15, 0.2) is 18.2 Å². The first kappa shape index (κ1) is 16.3. The van der Waals surface area contributed by atoms with Gasteiger partial charge >= 0.3 is 0 Å². The third-order valence-corrected chi connectivity index (χ3v) is 3.46. The van der Waals surface area contributed by atoms with Crippen LogP contribution in [0, 0.1) is 11.8 Å². The van der Waals surface area contributed by atoms with Crippen LogP contribution in [0.3, 0.4) is 0 Å². The lowest BCUT2D eigenvalue weighted by Crippen LogP contribution is -2.08. The molecule has 0 spiro atoms. The van der Waals surface area contributed by atoms with Crippen molar-refractivity contribution in [3.05, 3.63) is 23.8 Å². The Bertz CT molecular complexity index is 599. The molecule has 0 heterocycles. The molecular weight excluding hydrogens is 278 g/mol. The van der Waals surface area contributed by atoms with E-state index in [1.807, 2.05) is 0 Å². The maximum absolute atomic E-state index is 11.0. The van der Waals surface area contributed by atoms with Gasteiger partial charge in [-0.3, -0.25) is 0 Å². The minimum atomic E-state index is -2.96. The van der Waals surface area contributed by atoms with Crippen LogP contribution < -0.4 is 15.2 Å². The summed E-state index contributed by atoms with van der Waals surface area (Å²) < 4.78 is 32.7. The van der Waals surface area contributed by atoms with Crippen LogP contribution in [0.5, 0.6) is 11.5 Å². The molecule has 0 aromatic heterocycles. The zero-order chi connectivity index (χ0) is 15.0. The van der Waals surface area contributed by atoms with Crippen LogP contribution >= 0.6 is 0 Å². The quantitative estimate of drug-likeness (QED) is 0.621. The van der Waals surface area contributed by atoms with Crippen LogP contribution in [0.2, 0.25) is 0 Å². The highest BCUT2D eigenvalue weighted by atomic mass is 32.2. The first-order valence-corrected chi connectivity index (χ1v) is 8.20. The third kappa shape index (κ3) is 5.95. The molecule has 0 unspecified atom stereocenters. The summed E-state index contributed by atoms with van der Waals surface area (Å²) in [6.45, 7) is 0.571. The van der Waals surface area contributed by atoms with E-state index in [9.17, 15) is 8.42 Å². The van der Waals surface area contributed by atoms with Crippen LogP contribution in [-0.2, 0) is 9.84 Å². The Balaban J connectivity index is 2.73. The lowest BCUT2D eigenvalue weighted by Gasteiger charge is -2.09. The highest BCUT2D eigenvalue weighted by Gasteiger charge is 2.05. The fourth-order valence-corrected chi connectivity index (χ4v) is 2.15. The van der Waals surface area contributed by atoms with Crippen molar-refractivity contribution >= 4 is 9.84 Å². The SMILES string of the molecule is COc1ccc(OCCCS(C)(=O)=O)c(C#CCN)c1. The lowest BCUT2D eigenvalue weighted by molar-refractivity contribution is 0.316.